The molecule has 0 radical (unpaired) electrons. The molecule has 1 amide bonds. The predicted molar refractivity (Wildman–Crippen MR) is 83.7 cm³/mol. The van der Waals surface area contributed by atoms with Gasteiger partial charge in [-0.05, 0) is 24.1 Å². The second-order valence-corrected chi connectivity index (χ2v) is 5.64. The van der Waals surface area contributed by atoms with E-state index in [9.17, 15) is 4.79 Å². The molecule has 0 aromatic heterocycles. The molecule has 1 atom stereocenters. The van der Waals surface area contributed by atoms with Crippen molar-refractivity contribution in [1.29, 1.82) is 0 Å². The molecule has 1 unspecified atom stereocenters. The van der Waals surface area contributed by atoms with Crippen molar-refractivity contribution in [2.45, 2.75) is 32.1 Å². The molecule has 0 saturated heterocycles. The van der Waals surface area contributed by atoms with Gasteiger partial charge in [0.05, 0.1) is 5.38 Å². The zero-order chi connectivity index (χ0) is 15.0. The average molecular weight is 318 g/mol. The molecule has 0 aliphatic rings. The summed E-state index contributed by atoms with van der Waals surface area (Å²) in [5.41, 5.74) is 0. The third-order valence-electron chi connectivity index (χ3n) is 3.22. The first-order valence-electron chi connectivity index (χ1n) is 6.85. The molecule has 3 nitrogen and oxygen atoms in total. The van der Waals surface area contributed by atoms with Gasteiger partial charge in [0.1, 0.15) is 5.75 Å². The number of halogens is 2. The van der Waals surface area contributed by atoms with Gasteiger partial charge in [-0.1, -0.05) is 44.4 Å². The van der Waals surface area contributed by atoms with Crippen molar-refractivity contribution in [3.8, 4) is 5.75 Å². The van der Waals surface area contributed by atoms with Crippen molar-refractivity contribution in [2.75, 3.05) is 13.2 Å². The molecule has 1 N–H and O–H groups in total. The Morgan fingerprint density at radius 2 is 2.05 bits per heavy atom. The highest BCUT2D eigenvalue weighted by atomic mass is 35.5. The minimum atomic E-state index is -0.179. The number of hydrogen-bond donors (Lipinski definition) is 1. The van der Waals surface area contributed by atoms with Gasteiger partial charge in [-0.2, -0.15) is 0 Å². The van der Waals surface area contributed by atoms with Crippen LogP contribution in [-0.4, -0.2) is 24.4 Å². The van der Waals surface area contributed by atoms with Gasteiger partial charge in [0.15, 0.2) is 6.61 Å². The lowest BCUT2D eigenvalue weighted by molar-refractivity contribution is -0.123. The zero-order valence-corrected chi connectivity index (χ0v) is 13.4. The van der Waals surface area contributed by atoms with Crippen LogP contribution in [0.25, 0.3) is 0 Å². The number of benzene rings is 1. The van der Waals surface area contributed by atoms with Gasteiger partial charge in [0.25, 0.3) is 5.91 Å². The molecular weight excluding hydrogens is 297 g/mol. The van der Waals surface area contributed by atoms with E-state index < -0.39 is 0 Å². The lowest BCUT2D eigenvalue weighted by Crippen LogP contribution is -2.36. The predicted octanol–water partition coefficient (Wildman–Crippen LogP) is 3.88. The second kappa shape index (κ2) is 9.09. The molecule has 0 aliphatic carbocycles. The van der Waals surface area contributed by atoms with Crippen LogP contribution >= 0.6 is 23.2 Å². The van der Waals surface area contributed by atoms with Crippen LogP contribution in [0.1, 0.15) is 26.7 Å². The Kier molecular flexibility index (Phi) is 7.78. The van der Waals surface area contributed by atoms with Crippen molar-refractivity contribution >= 4 is 29.1 Å². The van der Waals surface area contributed by atoms with Gasteiger partial charge in [-0.25, -0.2) is 0 Å². The number of carbonyl (C=O) groups excluding carboxylic acids is 1. The van der Waals surface area contributed by atoms with E-state index >= 15 is 0 Å². The number of hydrogen-bond acceptors (Lipinski definition) is 2. The Morgan fingerprint density at radius 3 is 2.65 bits per heavy atom. The molecule has 0 fully saturated rings. The van der Waals surface area contributed by atoms with E-state index in [2.05, 4.69) is 19.2 Å². The largest absolute Gasteiger partial charge is 0.484 e. The van der Waals surface area contributed by atoms with E-state index in [4.69, 9.17) is 27.9 Å². The maximum atomic E-state index is 11.7. The van der Waals surface area contributed by atoms with Crippen molar-refractivity contribution in [1.82, 2.24) is 5.32 Å². The number of nitrogens with one attached hydrogen (secondary N) is 1. The highest BCUT2D eigenvalue weighted by Gasteiger charge is 2.16. The first-order valence-corrected chi connectivity index (χ1v) is 7.67. The van der Waals surface area contributed by atoms with Crippen LogP contribution in [0.4, 0.5) is 0 Å². The van der Waals surface area contributed by atoms with Gasteiger partial charge in [0.2, 0.25) is 0 Å². The van der Waals surface area contributed by atoms with Crippen LogP contribution in [0.2, 0.25) is 5.02 Å². The first-order chi connectivity index (χ1) is 9.56. The van der Waals surface area contributed by atoms with Crippen LogP contribution in [0.15, 0.2) is 24.3 Å². The number of amides is 1. The first kappa shape index (κ1) is 17.1. The highest BCUT2D eigenvalue weighted by molar-refractivity contribution is 6.30. The molecule has 0 heterocycles. The zero-order valence-electron chi connectivity index (χ0n) is 11.9. The molecule has 0 bridgehead atoms. The average Bonchev–Trinajstić information content (AvgIpc) is 2.44. The fraction of sp³-hybridized carbons (Fsp3) is 0.533. The number of rotatable bonds is 8. The second-order valence-electron chi connectivity index (χ2n) is 4.64. The molecule has 1 aromatic rings. The fourth-order valence-electron chi connectivity index (χ4n) is 1.93. The smallest absolute Gasteiger partial charge is 0.257 e. The van der Waals surface area contributed by atoms with Crippen LogP contribution in [0, 0.1) is 5.92 Å². The fourth-order valence-corrected chi connectivity index (χ4v) is 2.55. The normalized spacial score (nSPS) is 12.2. The molecule has 1 rings (SSSR count). The molecule has 5 heteroatoms. The summed E-state index contributed by atoms with van der Waals surface area (Å²) in [6.45, 7) is 4.64. The van der Waals surface area contributed by atoms with E-state index in [-0.39, 0.29) is 17.9 Å². The quantitative estimate of drug-likeness (QED) is 0.739. The summed E-state index contributed by atoms with van der Waals surface area (Å²) in [6.07, 6.45) is 2.03. The Labute approximate surface area is 130 Å². The number of ether oxygens (including phenoxy) is 1. The monoisotopic (exact) mass is 317 g/mol. The summed E-state index contributed by atoms with van der Waals surface area (Å²) >= 11 is 12.1. The standard InChI is InChI=1S/C15H21Cl2NO2/c1-3-11(4-2)14(17)9-18-15(19)10-20-13-7-5-6-12(16)8-13/h5-8,11,14H,3-4,9-10H2,1-2H3,(H,18,19). The molecule has 0 aliphatic heterocycles. The van der Waals surface area contributed by atoms with Crippen LogP contribution < -0.4 is 10.1 Å². The topological polar surface area (TPSA) is 38.3 Å². The van der Waals surface area contributed by atoms with Crippen molar-refractivity contribution in [3.63, 3.8) is 0 Å². The van der Waals surface area contributed by atoms with Gasteiger partial charge in [-0.15, -0.1) is 11.6 Å². The maximum Gasteiger partial charge on any atom is 0.257 e. The SMILES string of the molecule is CCC(CC)C(Cl)CNC(=O)COc1cccc(Cl)c1. The van der Waals surface area contributed by atoms with Crippen LogP contribution in [-0.2, 0) is 4.79 Å². The molecule has 0 spiro atoms. The molecule has 1 aromatic carbocycles. The number of alkyl halides is 1. The van der Waals surface area contributed by atoms with Crippen LogP contribution in [0.3, 0.4) is 0 Å². The Morgan fingerprint density at radius 1 is 1.35 bits per heavy atom. The van der Waals surface area contributed by atoms with Gasteiger partial charge in [-0.3, -0.25) is 4.79 Å². The van der Waals surface area contributed by atoms with Crippen molar-refractivity contribution in [3.05, 3.63) is 29.3 Å². The van der Waals surface area contributed by atoms with Crippen molar-refractivity contribution < 1.29 is 9.53 Å². The lowest BCUT2D eigenvalue weighted by Gasteiger charge is -2.19. The van der Waals surface area contributed by atoms with E-state index in [0.717, 1.165) is 12.8 Å². The van der Waals surface area contributed by atoms with Crippen LogP contribution in [0.5, 0.6) is 5.75 Å². The third kappa shape index (κ3) is 6.02. The minimum Gasteiger partial charge on any atom is -0.484 e. The Bertz CT molecular complexity index is 422. The van der Waals surface area contributed by atoms with E-state index in [0.29, 0.717) is 23.2 Å². The summed E-state index contributed by atoms with van der Waals surface area (Å²) < 4.78 is 5.35. The summed E-state index contributed by atoms with van der Waals surface area (Å²) in [6, 6.07) is 6.96. The van der Waals surface area contributed by atoms with Gasteiger partial charge >= 0.3 is 0 Å². The van der Waals surface area contributed by atoms with E-state index in [1.54, 1.807) is 24.3 Å². The van der Waals surface area contributed by atoms with Gasteiger partial charge < -0.3 is 10.1 Å². The molecular formula is C15H21Cl2NO2. The number of carbonyl (C=O) groups is 1. The summed E-state index contributed by atoms with van der Waals surface area (Å²) in [4.78, 5) is 11.7. The molecule has 0 saturated carbocycles. The van der Waals surface area contributed by atoms with Gasteiger partial charge in [0, 0.05) is 11.6 Å². The summed E-state index contributed by atoms with van der Waals surface area (Å²) in [7, 11) is 0. The van der Waals surface area contributed by atoms with E-state index in [1.807, 2.05) is 0 Å². The maximum absolute atomic E-state index is 11.7. The molecule has 112 valence electrons. The Hall–Kier alpha value is -0.930. The lowest BCUT2D eigenvalue weighted by atomic mass is 9.99. The third-order valence-corrected chi connectivity index (χ3v) is 3.97. The Balaban J connectivity index is 2.30. The highest BCUT2D eigenvalue weighted by Crippen LogP contribution is 2.18. The summed E-state index contributed by atoms with van der Waals surface area (Å²) in [5, 5.41) is 3.33. The molecule has 20 heavy (non-hydrogen) atoms. The van der Waals surface area contributed by atoms with Crippen molar-refractivity contribution in [2.24, 2.45) is 5.92 Å². The van der Waals surface area contributed by atoms with E-state index in [1.165, 1.54) is 0 Å². The summed E-state index contributed by atoms with van der Waals surface area (Å²) in [5.74, 6) is 0.822. The minimum absolute atomic E-state index is 0.0349.